The number of hydrogen-bond donors (Lipinski definition) is 5. The van der Waals surface area contributed by atoms with Gasteiger partial charge in [0.25, 0.3) is 0 Å². The summed E-state index contributed by atoms with van der Waals surface area (Å²) >= 11 is 0. The minimum absolute atomic E-state index is 0.0858. The molecule has 2 aromatic heterocycles. The number of nitrogens with zero attached hydrogens (tertiary/aromatic N) is 2. The number of aromatic nitrogens is 2. The van der Waals surface area contributed by atoms with Crippen LogP contribution in [-0.2, 0) is 13.1 Å². The van der Waals surface area contributed by atoms with Gasteiger partial charge in [0.05, 0.1) is 5.60 Å². The van der Waals surface area contributed by atoms with E-state index in [4.69, 9.17) is 0 Å². The lowest BCUT2D eigenvalue weighted by Gasteiger charge is -2.34. The van der Waals surface area contributed by atoms with Gasteiger partial charge < -0.3 is 26.4 Å². The van der Waals surface area contributed by atoms with Crippen molar-refractivity contribution in [3.8, 4) is 0 Å². The van der Waals surface area contributed by atoms with E-state index in [1.54, 1.807) is 37.8 Å². The van der Waals surface area contributed by atoms with E-state index < -0.39 is 5.60 Å². The molecule has 4 amide bonds. The molecular formula is C22H32N6O3. The molecular weight excluding hydrogens is 396 g/mol. The van der Waals surface area contributed by atoms with Gasteiger partial charge in [-0.25, -0.2) is 9.59 Å². The number of hydrogen-bond acceptors (Lipinski definition) is 5. The standard InChI is InChI=1S/C22H32N6O3/c1-21(2,15-27-19(29)25-12-17-6-4-8-23-10-17)14-22(3,31)16-28-20(30)26-13-18-7-5-9-24-11-18/h4-11,31H,12-16H2,1-3H3,(H2,25,27,29)(H2,26,28,30). The molecule has 9 nitrogen and oxygen atoms in total. The van der Waals surface area contributed by atoms with E-state index in [2.05, 4.69) is 31.2 Å². The Labute approximate surface area is 183 Å². The van der Waals surface area contributed by atoms with E-state index in [0.29, 0.717) is 26.1 Å². The first-order valence-electron chi connectivity index (χ1n) is 10.2. The second kappa shape index (κ2) is 11.3. The summed E-state index contributed by atoms with van der Waals surface area (Å²) in [7, 11) is 0. The van der Waals surface area contributed by atoms with Gasteiger partial charge in [-0.3, -0.25) is 9.97 Å². The van der Waals surface area contributed by atoms with E-state index >= 15 is 0 Å². The number of pyridine rings is 2. The van der Waals surface area contributed by atoms with Gasteiger partial charge in [0.1, 0.15) is 0 Å². The summed E-state index contributed by atoms with van der Waals surface area (Å²) in [4.78, 5) is 32.1. The Morgan fingerprint density at radius 3 is 1.77 bits per heavy atom. The third kappa shape index (κ3) is 9.90. The number of amides is 4. The molecule has 0 spiro atoms. The van der Waals surface area contributed by atoms with Crippen molar-refractivity contribution in [1.29, 1.82) is 0 Å². The third-order valence-electron chi connectivity index (χ3n) is 4.57. The number of carbonyl (C=O) groups is 2. The zero-order valence-corrected chi connectivity index (χ0v) is 18.3. The van der Waals surface area contributed by atoms with Crippen molar-refractivity contribution < 1.29 is 14.7 Å². The van der Waals surface area contributed by atoms with Gasteiger partial charge in [0.2, 0.25) is 0 Å². The Bertz CT molecular complexity index is 758. The first-order valence-corrected chi connectivity index (χ1v) is 10.2. The number of carbonyl (C=O) groups excluding carboxylic acids is 2. The van der Waals surface area contributed by atoms with Crippen LogP contribution < -0.4 is 21.3 Å². The topological polar surface area (TPSA) is 128 Å². The smallest absolute Gasteiger partial charge is 0.315 e. The monoisotopic (exact) mass is 428 g/mol. The van der Waals surface area contributed by atoms with Crippen LogP contribution in [0.1, 0.15) is 38.3 Å². The summed E-state index contributed by atoms with van der Waals surface area (Å²) in [5, 5.41) is 21.7. The molecule has 0 aliphatic rings. The van der Waals surface area contributed by atoms with Crippen LogP contribution in [0.3, 0.4) is 0 Å². The largest absolute Gasteiger partial charge is 0.388 e. The van der Waals surface area contributed by atoms with Crippen LogP contribution in [0.4, 0.5) is 9.59 Å². The molecule has 1 atom stereocenters. The van der Waals surface area contributed by atoms with Crippen molar-refractivity contribution in [2.24, 2.45) is 5.41 Å². The van der Waals surface area contributed by atoms with Gasteiger partial charge in [-0.15, -0.1) is 0 Å². The summed E-state index contributed by atoms with van der Waals surface area (Å²) in [5.74, 6) is 0. The molecule has 168 valence electrons. The highest BCUT2D eigenvalue weighted by Gasteiger charge is 2.31. The van der Waals surface area contributed by atoms with Gasteiger partial charge in [0.15, 0.2) is 0 Å². The molecule has 0 saturated heterocycles. The lowest BCUT2D eigenvalue weighted by Crippen LogP contribution is -2.48. The Morgan fingerprint density at radius 2 is 1.32 bits per heavy atom. The SMILES string of the molecule is CC(C)(CNC(=O)NCc1cccnc1)CC(C)(O)CNC(=O)NCc1cccnc1. The van der Waals surface area contributed by atoms with Crippen LogP contribution in [0.25, 0.3) is 0 Å². The fraction of sp³-hybridized carbons (Fsp3) is 0.455. The van der Waals surface area contributed by atoms with E-state index in [1.807, 2.05) is 32.0 Å². The number of rotatable bonds is 10. The number of aliphatic hydroxyl groups is 1. The predicted octanol–water partition coefficient (Wildman–Crippen LogP) is 1.94. The van der Waals surface area contributed by atoms with Gasteiger partial charge in [0, 0.05) is 51.0 Å². The molecule has 0 aliphatic carbocycles. The molecule has 2 rings (SSSR count). The van der Waals surface area contributed by atoms with Crippen molar-refractivity contribution >= 4 is 12.1 Å². The zero-order valence-electron chi connectivity index (χ0n) is 18.3. The molecule has 0 aromatic carbocycles. The average molecular weight is 429 g/mol. The Kier molecular flexibility index (Phi) is 8.75. The summed E-state index contributed by atoms with van der Waals surface area (Å²) in [6.07, 6.45) is 7.10. The summed E-state index contributed by atoms with van der Waals surface area (Å²) < 4.78 is 0. The second-order valence-electron chi connectivity index (χ2n) is 8.63. The number of urea groups is 2. The maximum absolute atomic E-state index is 12.1. The Balaban J connectivity index is 1.69. The maximum Gasteiger partial charge on any atom is 0.315 e. The van der Waals surface area contributed by atoms with Crippen LogP contribution in [0.5, 0.6) is 0 Å². The van der Waals surface area contributed by atoms with Crippen LogP contribution in [0.15, 0.2) is 49.1 Å². The first kappa shape index (κ1) is 24.1. The van der Waals surface area contributed by atoms with E-state index in [0.717, 1.165) is 11.1 Å². The fourth-order valence-corrected chi connectivity index (χ4v) is 3.24. The quantitative estimate of drug-likeness (QED) is 0.395. The molecule has 2 aromatic rings. The molecule has 1 unspecified atom stereocenters. The van der Waals surface area contributed by atoms with Crippen molar-refractivity contribution in [2.45, 2.75) is 45.9 Å². The van der Waals surface area contributed by atoms with Crippen molar-refractivity contribution in [2.75, 3.05) is 13.1 Å². The van der Waals surface area contributed by atoms with Crippen molar-refractivity contribution in [3.05, 3.63) is 60.2 Å². The van der Waals surface area contributed by atoms with Gasteiger partial charge in [-0.05, 0) is 42.0 Å². The highest BCUT2D eigenvalue weighted by molar-refractivity contribution is 5.74. The normalized spacial score (nSPS) is 13.0. The highest BCUT2D eigenvalue weighted by Crippen LogP contribution is 2.27. The Morgan fingerprint density at radius 1 is 0.839 bits per heavy atom. The van der Waals surface area contributed by atoms with Gasteiger partial charge in [-0.1, -0.05) is 26.0 Å². The summed E-state index contributed by atoms with van der Waals surface area (Å²) in [5.41, 5.74) is 0.276. The highest BCUT2D eigenvalue weighted by atomic mass is 16.3. The van der Waals surface area contributed by atoms with Crippen LogP contribution in [-0.4, -0.2) is 45.8 Å². The predicted molar refractivity (Wildman–Crippen MR) is 118 cm³/mol. The van der Waals surface area contributed by atoms with Crippen LogP contribution in [0.2, 0.25) is 0 Å². The molecule has 0 bridgehead atoms. The van der Waals surface area contributed by atoms with Crippen LogP contribution >= 0.6 is 0 Å². The lowest BCUT2D eigenvalue weighted by atomic mass is 9.81. The van der Waals surface area contributed by atoms with Gasteiger partial charge in [-0.2, -0.15) is 0 Å². The van der Waals surface area contributed by atoms with Gasteiger partial charge >= 0.3 is 12.1 Å². The summed E-state index contributed by atoms with van der Waals surface area (Å²) in [6.45, 7) is 6.76. The molecule has 9 heteroatoms. The molecule has 2 heterocycles. The summed E-state index contributed by atoms with van der Waals surface area (Å²) in [6, 6.07) is 6.71. The van der Waals surface area contributed by atoms with E-state index in [9.17, 15) is 14.7 Å². The van der Waals surface area contributed by atoms with Crippen molar-refractivity contribution in [1.82, 2.24) is 31.2 Å². The molecule has 0 saturated carbocycles. The molecule has 0 fully saturated rings. The van der Waals surface area contributed by atoms with Crippen molar-refractivity contribution in [3.63, 3.8) is 0 Å². The first-order chi connectivity index (χ1) is 14.7. The molecule has 0 radical (unpaired) electrons. The van der Waals surface area contributed by atoms with E-state index in [-0.39, 0.29) is 24.0 Å². The maximum atomic E-state index is 12.1. The number of nitrogens with one attached hydrogen (secondary N) is 4. The molecule has 31 heavy (non-hydrogen) atoms. The molecule has 5 N–H and O–H groups in total. The van der Waals surface area contributed by atoms with Crippen LogP contribution in [0, 0.1) is 5.41 Å². The zero-order chi connectivity index (χ0) is 22.7. The lowest BCUT2D eigenvalue weighted by molar-refractivity contribution is 0.0178. The Hall–Kier alpha value is -3.20. The average Bonchev–Trinajstić information content (AvgIpc) is 2.74. The van der Waals surface area contributed by atoms with E-state index in [1.165, 1.54) is 0 Å². The minimum Gasteiger partial charge on any atom is -0.388 e. The fourth-order valence-electron chi connectivity index (χ4n) is 3.24. The minimum atomic E-state index is -1.14. The molecule has 0 aliphatic heterocycles. The second-order valence-corrected chi connectivity index (χ2v) is 8.63. The third-order valence-corrected chi connectivity index (χ3v) is 4.57.